The number of nitrogens with two attached hydrogens (primary N) is 1. The number of rotatable bonds is 3. The van der Waals surface area contributed by atoms with Crippen molar-refractivity contribution in [2.75, 3.05) is 0 Å². The average Bonchev–Trinajstić information content (AvgIpc) is 2.07. The van der Waals surface area contributed by atoms with Crippen molar-refractivity contribution in [2.45, 2.75) is 20.1 Å². The van der Waals surface area contributed by atoms with Crippen LogP contribution in [0.1, 0.15) is 11.4 Å². The molecule has 0 aliphatic rings. The zero-order valence-electron chi connectivity index (χ0n) is 7.13. The summed E-state index contributed by atoms with van der Waals surface area (Å²) >= 11 is 0. The SMILES string of the molecule is Cc1ccc(OC(F)F)c(CN)n1. The summed E-state index contributed by atoms with van der Waals surface area (Å²) in [5.41, 5.74) is 6.38. The molecule has 0 saturated carbocycles. The molecule has 0 radical (unpaired) electrons. The van der Waals surface area contributed by atoms with Crippen molar-refractivity contribution >= 4 is 0 Å². The molecule has 5 heteroatoms. The van der Waals surface area contributed by atoms with E-state index in [0.717, 1.165) is 5.69 Å². The van der Waals surface area contributed by atoms with Crippen molar-refractivity contribution in [1.29, 1.82) is 0 Å². The van der Waals surface area contributed by atoms with Gasteiger partial charge in [0.05, 0.1) is 5.69 Å². The molecular formula is C8H10F2N2O. The van der Waals surface area contributed by atoms with Crippen LogP contribution in [-0.2, 0) is 6.54 Å². The van der Waals surface area contributed by atoms with Crippen LogP contribution in [0, 0.1) is 6.92 Å². The second kappa shape index (κ2) is 4.13. The fourth-order valence-corrected chi connectivity index (χ4v) is 0.947. The first-order valence-electron chi connectivity index (χ1n) is 3.75. The minimum atomic E-state index is -2.84. The van der Waals surface area contributed by atoms with Crippen LogP contribution in [0.2, 0.25) is 0 Å². The van der Waals surface area contributed by atoms with Gasteiger partial charge in [-0.05, 0) is 19.1 Å². The predicted molar refractivity (Wildman–Crippen MR) is 43.5 cm³/mol. The molecule has 0 saturated heterocycles. The number of ether oxygens (including phenoxy) is 1. The Balaban J connectivity index is 2.92. The predicted octanol–water partition coefficient (Wildman–Crippen LogP) is 1.45. The minimum absolute atomic E-state index is 0.0445. The summed E-state index contributed by atoms with van der Waals surface area (Å²) in [7, 11) is 0. The van der Waals surface area contributed by atoms with Gasteiger partial charge in [-0.3, -0.25) is 4.98 Å². The van der Waals surface area contributed by atoms with E-state index in [-0.39, 0.29) is 12.3 Å². The van der Waals surface area contributed by atoms with Crippen LogP contribution >= 0.6 is 0 Å². The zero-order valence-corrected chi connectivity index (χ0v) is 7.13. The van der Waals surface area contributed by atoms with Gasteiger partial charge in [-0.25, -0.2) is 0 Å². The molecule has 0 aromatic carbocycles. The Hall–Kier alpha value is -1.23. The zero-order chi connectivity index (χ0) is 9.84. The summed E-state index contributed by atoms with van der Waals surface area (Å²) in [5, 5.41) is 0. The van der Waals surface area contributed by atoms with Crippen LogP contribution in [0.15, 0.2) is 12.1 Å². The van der Waals surface area contributed by atoms with Crippen molar-refractivity contribution in [1.82, 2.24) is 4.98 Å². The molecule has 2 N–H and O–H groups in total. The van der Waals surface area contributed by atoms with Gasteiger partial charge in [0.1, 0.15) is 5.75 Å². The van der Waals surface area contributed by atoms with Gasteiger partial charge in [0.25, 0.3) is 0 Å². The molecule has 0 unspecified atom stereocenters. The number of halogens is 2. The maximum absolute atomic E-state index is 11.8. The molecule has 0 amide bonds. The Morgan fingerprint density at radius 3 is 2.77 bits per heavy atom. The van der Waals surface area contributed by atoms with E-state index in [1.54, 1.807) is 13.0 Å². The van der Waals surface area contributed by atoms with Crippen molar-refractivity contribution < 1.29 is 13.5 Å². The molecule has 0 aliphatic heterocycles. The Labute approximate surface area is 74.5 Å². The topological polar surface area (TPSA) is 48.1 Å². The van der Waals surface area contributed by atoms with Gasteiger partial charge in [0.15, 0.2) is 0 Å². The average molecular weight is 188 g/mol. The minimum Gasteiger partial charge on any atom is -0.433 e. The molecule has 13 heavy (non-hydrogen) atoms. The summed E-state index contributed by atoms with van der Waals surface area (Å²) in [5.74, 6) is 0.0445. The smallest absolute Gasteiger partial charge is 0.387 e. The van der Waals surface area contributed by atoms with Gasteiger partial charge in [-0.1, -0.05) is 0 Å². The van der Waals surface area contributed by atoms with E-state index in [1.165, 1.54) is 6.07 Å². The highest BCUT2D eigenvalue weighted by atomic mass is 19.3. The van der Waals surface area contributed by atoms with Crippen LogP contribution in [0.25, 0.3) is 0 Å². The quantitative estimate of drug-likeness (QED) is 0.780. The lowest BCUT2D eigenvalue weighted by Gasteiger charge is -2.08. The molecule has 72 valence electrons. The third-order valence-electron chi connectivity index (χ3n) is 1.48. The molecule has 1 heterocycles. The lowest BCUT2D eigenvalue weighted by Crippen LogP contribution is -2.09. The molecule has 0 bridgehead atoms. The van der Waals surface area contributed by atoms with Crippen molar-refractivity contribution in [2.24, 2.45) is 5.73 Å². The van der Waals surface area contributed by atoms with E-state index < -0.39 is 6.61 Å². The normalized spacial score (nSPS) is 10.5. The third kappa shape index (κ3) is 2.62. The van der Waals surface area contributed by atoms with Gasteiger partial charge < -0.3 is 10.5 Å². The number of hydrogen-bond acceptors (Lipinski definition) is 3. The fraction of sp³-hybridized carbons (Fsp3) is 0.375. The highest BCUT2D eigenvalue weighted by molar-refractivity contribution is 5.29. The molecule has 0 fully saturated rings. The van der Waals surface area contributed by atoms with Crippen molar-refractivity contribution in [3.05, 3.63) is 23.5 Å². The first-order chi connectivity index (χ1) is 6.13. The summed E-state index contributed by atoms with van der Waals surface area (Å²) < 4.78 is 27.9. The molecule has 1 aromatic rings. The highest BCUT2D eigenvalue weighted by Gasteiger charge is 2.09. The molecular weight excluding hydrogens is 178 g/mol. The number of pyridine rings is 1. The van der Waals surface area contributed by atoms with E-state index in [0.29, 0.717) is 5.69 Å². The lowest BCUT2D eigenvalue weighted by atomic mass is 10.3. The van der Waals surface area contributed by atoms with Crippen molar-refractivity contribution in [3.8, 4) is 5.75 Å². The summed E-state index contributed by atoms with van der Waals surface area (Å²) in [4.78, 5) is 3.96. The Morgan fingerprint density at radius 1 is 1.54 bits per heavy atom. The van der Waals surface area contributed by atoms with Gasteiger partial charge in [0.2, 0.25) is 0 Å². The molecule has 1 aromatic heterocycles. The Bertz CT molecular complexity index is 291. The first-order valence-corrected chi connectivity index (χ1v) is 3.75. The van der Waals surface area contributed by atoms with Crippen LogP contribution in [0.5, 0.6) is 5.75 Å². The van der Waals surface area contributed by atoms with Crippen molar-refractivity contribution in [3.63, 3.8) is 0 Å². The maximum atomic E-state index is 11.8. The lowest BCUT2D eigenvalue weighted by molar-refractivity contribution is -0.0507. The number of aromatic nitrogens is 1. The van der Waals surface area contributed by atoms with Gasteiger partial charge in [-0.2, -0.15) is 8.78 Å². The summed E-state index contributed by atoms with van der Waals surface area (Å²) in [6, 6.07) is 3.04. The van der Waals surface area contributed by atoms with E-state index >= 15 is 0 Å². The second-order valence-electron chi connectivity index (χ2n) is 2.48. The van der Waals surface area contributed by atoms with Crippen LogP contribution in [0.3, 0.4) is 0 Å². The molecule has 0 atom stereocenters. The van der Waals surface area contributed by atoms with Gasteiger partial charge in [0, 0.05) is 12.2 Å². The molecule has 3 nitrogen and oxygen atoms in total. The number of aryl methyl sites for hydroxylation is 1. The highest BCUT2D eigenvalue weighted by Crippen LogP contribution is 2.18. The molecule has 0 aliphatic carbocycles. The van der Waals surface area contributed by atoms with E-state index in [1.807, 2.05) is 0 Å². The third-order valence-corrected chi connectivity index (χ3v) is 1.48. The first kappa shape index (κ1) is 9.85. The Kier molecular flexibility index (Phi) is 3.13. The summed E-state index contributed by atoms with van der Waals surface area (Å²) in [6.45, 7) is -0.996. The number of nitrogens with zero attached hydrogens (tertiary/aromatic N) is 1. The van der Waals surface area contributed by atoms with Gasteiger partial charge >= 0.3 is 6.61 Å². The van der Waals surface area contributed by atoms with E-state index in [2.05, 4.69) is 9.72 Å². The van der Waals surface area contributed by atoms with E-state index in [9.17, 15) is 8.78 Å². The largest absolute Gasteiger partial charge is 0.433 e. The second-order valence-corrected chi connectivity index (χ2v) is 2.48. The standard InChI is InChI=1S/C8H10F2N2O/c1-5-2-3-7(13-8(9)10)6(4-11)12-5/h2-3,8H,4,11H2,1H3. The van der Waals surface area contributed by atoms with Crippen LogP contribution < -0.4 is 10.5 Å². The Morgan fingerprint density at radius 2 is 2.23 bits per heavy atom. The van der Waals surface area contributed by atoms with E-state index in [4.69, 9.17) is 5.73 Å². The number of alkyl halides is 2. The van der Waals surface area contributed by atoms with Crippen LogP contribution in [0.4, 0.5) is 8.78 Å². The van der Waals surface area contributed by atoms with Crippen LogP contribution in [-0.4, -0.2) is 11.6 Å². The summed E-state index contributed by atoms with van der Waals surface area (Å²) in [6.07, 6.45) is 0. The maximum Gasteiger partial charge on any atom is 0.387 e. The molecule has 1 rings (SSSR count). The monoisotopic (exact) mass is 188 g/mol. The number of hydrogen-bond donors (Lipinski definition) is 1. The fourth-order valence-electron chi connectivity index (χ4n) is 0.947. The van der Waals surface area contributed by atoms with Gasteiger partial charge in [-0.15, -0.1) is 0 Å². The molecule has 0 spiro atoms.